The van der Waals surface area contributed by atoms with Gasteiger partial charge in [-0.15, -0.1) is 0 Å². The van der Waals surface area contributed by atoms with Gasteiger partial charge in [0.05, 0.1) is 4.83 Å². The lowest BCUT2D eigenvalue weighted by molar-refractivity contribution is 0.0995. The molecule has 0 saturated heterocycles. The maximum Gasteiger partial charge on any atom is 0.177 e. The SMILES string of the molecule is CCc1ccc(C(=O)C(C)Br)c(Br)c1. The van der Waals surface area contributed by atoms with E-state index in [1.54, 1.807) is 0 Å². The number of alkyl halides is 1. The maximum absolute atomic E-state index is 11.7. The lowest BCUT2D eigenvalue weighted by Crippen LogP contribution is -2.10. The predicted molar refractivity (Wildman–Crippen MR) is 66.2 cm³/mol. The average molecular weight is 320 g/mol. The summed E-state index contributed by atoms with van der Waals surface area (Å²) in [6.07, 6.45) is 0.983. The fourth-order valence-corrected chi connectivity index (χ4v) is 2.06. The van der Waals surface area contributed by atoms with Crippen LogP contribution in [-0.4, -0.2) is 10.6 Å². The molecule has 14 heavy (non-hydrogen) atoms. The highest BCUT2D eigenvalue weighted by molar-refractivity contribution is 9.10. The topological polar surface area (TPSA) is 17.1 Å². The summed E-state index contributed by atoms with van der Waals surface area (Å²) in [5.41, 5.74) is 1.97. The number of hydrogen-bond acceptors (Lipinski definition) is 1. The number of carbonyl (C=O) groups excluding carboxylic acids is 1. The van der Waals surface area contributed by atoms with Crippen LogP contribution in [0.2, 0.25) is 0 Å². The largest absolute Gasteiger partial charge is 0.293 e. The molecule has 1 unspecified atom stereocenters. The molecule has 1 aromatic carbocycles. The molecule has 0 spiro atoms. The van der Waals surface area contributed by atoms with Gasteiger partial charge in [-0.25, -0.2) is 0 Å². The summed E-state index contributed by atoms with van der Waals surface area (Å²) in [5.74, 6) is 0.111. The Morgan fingerprint density at radius 1 is 1.50 bits per heavy atom. The Morgan fingerprint density at radius 3 is 2.57 bits per heavy atom. The van der Waals surface area contributed by atoms with Gasteiger partial charge in [0.25, 0.3) is 0 Å². The summed E-state index contributed by atoms with van der Waals surface area (Å²) in [7, 11) is 0. The van der Waals surface area contributed by atoms with E-state index in [1.807, 2.05) is 25.1 Å². The Balaban J connectivity index is 3.06. The first-order valence-corrected chi connectivity index (χ1v) is 6.23. The normalized spacial score (nSPS) is 12.6. The van der Waals surface area contributed by atoms with Gasteiger partial charge in [0.15, 0.2) is 5.78 Å². The molecular weight excluding hydrogens is 308 g/mol. The number of carbonyl (C=O) groups is 1. The summed E-state index contributed by atoms with van der Waals surface area (Å²) in [4.78, 5) is 11.6. The minimum Gasteiger partial charge on any atom is -0.293 e. The number of Topliss-reactive ketones (excluding diaryl/α,β-unsaturated/α-hetero) is 1. The molecular formula is C11H12Br2O. The van der Waals surface area contributed by atoms with E-state index in [1.165, 1.54) is 5.56 Å². The highest BCUT2D eigenvalue weighted by atomic mass is 79.9. The van der Waals surface area contributed by atoms with Crippen molar-refractivity contribution in [2.45, 2.75) is 25.1 Å². The van der Waals surface area contributed by atoms with E-state index >= 15 is 0 Å². The van der Waals surface area contributed by atoms with Gasteiger partial charge in [-0.05, 0) is 31.0 Å². The van der Waals surface area contributed by atoms with Crippen LogP contribution in [0.3, 0.4) is 0 Å². The number of hydrogen-bond donors (Lipinski definition) is 0. The van der Waals surface area contributed by atoms with Gasteiger partial charge >= 0.3 is 0 Å². The molecule has 0 aliphatic heterocycles. The van der Waals surface area contributed by atoms with Gasteiger partial charge in [0, 0.05) is 10.0 Å². The van der Waals surface area contributed by atoms with Crippen LogP contribution < -0.4 is 0 Å². The van der Waals surface area contributed by atoms with E-state index in [4.69, 9.17) is 0 Å². The van der Waals surface area contributed by atoms with Gasteiger partial charge < -0.3 is 0 Å². The lowest BCUT2D eigenvalue weighted by atomic mass is 10.1. The van der Waals surface area contributed by atoms with Crippen molar-refractivity contribution >= 4 is 37.6 Å². The molecule has 0 aliphatic rings. The zero-order valence-corrected chi connectivity index (χ0v) is 11.4. The molecule has 1 atom stereocenters. The van der Waals surface area contributed by atoms with Gasteiger partial charge in [-0.3, -0.25) is 4.79 Å². The Bertz CT molecular complexity index is 345. The van der Waals surface area contributed by atoms with Crippen molar-refractivity contribution in [2.24, 2.45) is 0 Å². The summed E-state index contributed by atoms with van der Waals surface area (Å²) in [5, 5.41) is 0. The van der Waals surface area contributed by atoms with Crippen LogP contribution in [-0.2, 0) is 6.42 Å². The Morgan fingerprint density at radius 2 is 2.14 bits per heavy atom. The molecule has 0 heterocycles. The molecule has 0 aromatic heterocycles. The Hall–Kier alpha value is -0.150. The fourth-order valence-electron chi connectivity index (χ4n) is 1.19. The standard InChI is InChI=1S/C11H12Br2O/c1-3-8-4-5-9(10(13)6-8)11(14)7(2)12/h4-7H,3H2,1-2H3. The predicted octanol–water partition coefficient (Wildman–Crippen LogP) is 3.98. The Kier molecular flexibility index (Phi) is 4.32. The van der Waals surface area contributed by atoms with Gasteiger partial charge in [0.2, 0.25) is 0 Å². The van der Waals surface area contributed by atoms with E-state index in [-0.39, 0.29) is 10.6 Å². The highest BCUT2D eigenvalue weighted by Crippen LogP contribution is 2.22. The molecule has 0 radical (unpaired) electrons. The van der Waals surface area contributed by atoms with E-state index in [0.29, 0.717) is 0 Å². The van der Waals surface area contributed by atoms with E-state index in [0.717, 1.165) is 16.5 Å². The summed E-state index contributed by atoms with van der Waals surface area (Å²) < 4.78 is 0.883. The molecule has 1 aromatic rings. The molecule has 76 valence electrons. The third-order valence-corrected chi connectivity index (χ3v) is 3.14. The molecule has 0 bridgehead atoms. The first-order valence-electron chi connectivity index (χ1n) is 4.53. The van der Waals surface area contributed by atoms with Crippen molar-refractivity contribution < 1.29 is 4.79 Å². The van der Waals surface area contributed by atoms with Crippen molar-refractivity contribution in [2.75, 3.05) is 0 Å². The van der Waals surface area contributed by atoms with Crippen LogP contribution >= 0.6 is 31.9 Å². The summed E-state index contributed by atoms with van der Waals surface area (Å²) >= 11 is 6.69. The third-order valence-electron chi connectivity index (χ3n) is 2.07. The van der Waals surface area contributed by atoms with E-state index < -0.39 is 0 Å². The van der Waals surface area contributed by atoms with E-state index in [2.05, 4.69) is 38.8 Å². The second kappa shape index (κ2) is 5.08. The molecule has 0 amide bonds. The Labute approximate surface area is 101 Å². The maximum atomic E-state index is 11.7. The number of benzene rings is 1. The van der Waals surface area contributed by atoms with Crippen molar-refractivity contribution in [3.05, 3.63) is 33.8 Å². The summed E-state index contributed by atoms with van der Waals surface area (Å²) in [6, 6.07) is 5.87. The molecule has 0 N–H and O–H groups in total. The number of rotatable bonds is 3. The van der Waals surface area contributed by atoms with Crippen LogP contribution in [0, 0.1) is 0 Å². The average Bonchev–Trinajstić information content (AvgIpc) is 2.16. The third kappa shape index (κ3) is 2.67. The molecule has 1 nitrogen and oxygen atoms in total. The lowest BCUT2D eigenvalue weighted by Gasteiger charge is -2.06. The fraction of sp³-hybridized carbons (Fsp3) is 0.364. The second-order valence-electron chi connectivity index (χ2n) is 3.15. The minimum absolute atomic E-state index is 0.111. The number of aryl methyl sites for hydroxylation is 1. The minimum atomic E-state index is -0.133. The zero-order valence-electron chi connectivity index (χ0n) is 8.18. The van der Waals surface area contributed by atoms with Gasteiger partial charge in [-0.2, -0.15) is 0 Å². The molecule has 0 aliphatic carbocycles. The van der Waals surface area contributed by atoms with Crippen LogP contribution in [0.5, 0.6) is 0 Å². The van der Waals surface area contributed by atoms with E-state index in [9.17, 15) is 4.79 Å². The van der Waals surface area contributed by atoms with Crippen LogP contribution in [0.25, 0.3) is 0 Å². The van der Waals surface area contributed by atoms with Crippen molar-refractivity contribution in [1.82, 2.24) is 0 Å². The number of ketones is 1. The first kappa shape index (κ1) is 11.9. The van der Waals surface area contributed by atoms with Crippen molar-refractivity contribution in [3.63, 3.8) is 0 Å². The van der Waals surface area contributed by atoms with Crippen LogP contribution in [0.15, 0.2) is 22.7 Å². The molecule has 0 saturated carbocycles. The summed E-state index contributed by atoms with van der Waals surface area (Å²) in [6.45, 7) is 3.93. The number of halogens is 2. The van der Waals surface area contributed by atoms with Crippen LogP contribution in [0.1, 0.15) is 29.8 Å². The second-order valence-corrected chi connectivity index (χ2v) is 5.38. The quantitative estimate of drug-likeness (QED) is 0.608. The highest BCUT2D eigenvalue weighted by Gasteiger charge is 2.14. The zero-order chi connectivity index (χ0) is 10.7. The van der Waals surface area contributed by atoms with Crippen molar-refractivity contribution in [3.8, 4) is 0 Å². The first-order chi connectivity index (χ1) is 6.56. The van der Waals surface area contributed by atoms with Crippen LogP contribution in [0.4, 0.5) is 0 Å². The van der Waals surface area contributed by atoms with Gasteiger partial charge in [0.1, 0.15) is 0 Å². The molecule has 1 rings (SSSR count). The van der Waals surface area contributed by atoms with Crippen molar-refractivity contribution in [1.29, 1.82) is 0 Å². The van der Waals surface area contributed by atoms with Gasteiger partial charge in [-0.1, -0.05) is 44.8 Å². The monoisotopic (exact) mass is 318 g/mol. The molecule has 0 fully saturated rings. The smallest absolute Gasteiger partial charge is 0.177 e. The molecule has 3 heteroatoms.